The van der Waals surface area contributed by atoms with Crippen molar-refractivity contribution < 1.29 is 9.59 Å². The quantitative estimate of drug-likeness (QED) is 0.816. The molecular formula is C23H35N3O2. The maximum atomic E-state index is 12.4. The Balaban J connectivity index is 1.46. The third-order valence-corrected chi connectivity index (χ3v) is 5.84. The SMILES string of the molecule is O=C(CN1CCCCCCC1=O)NCc1cccc(CN2CCCCCC2)c1. The van der Waals surface area contributed by atoms with Crippen molar-refractivity contribution >= 4 is 11.8 Å². The van der Waals surface area contributed by atoms with Crippen LogP contribution in [0, 0.1) is 0 Å². The van der Waals surface area contributed by atoms with Gasteiger partial charge in [0.15, 0.2) is 0 Å². The molecule has 0 spiro atoms. The maximum Gasteiger partial charge on any atom is 0.239 e. The Morgan fingerprint density at radius 2 is 1.57 bits per heavy atom. The first-order valence-electron chi connectivity index (χ1n) is 11.1. The maximum absolute atomic E-state index is 12.4. The molecule has 0 radical (unpaired) electrons. The second-order valence-electron chi connectivity index (χ2n) is 8.27. The van der Waals surface area contributed by atoms with Gasteiger partial charge in [0.1, 0.15) is 0 Å². The Morgan fingerprint density at radius 1 is 0.893 bits per heavy atom. The highest BCUT2D eigenvalue weighted by Gasteiger charge is 2.18. The fourth-order valence-electron chi connectivity index (χ4n) is 4.20. The van der Waals surface area contributed by atoms with E-state index in [1.807, 2.05) is 0 Å². The van der Waals surface area contributed by atoms with Crippen LogP contribution in [0.25, 0.3) is 0 Å². The average molecular weight is 386 g/mol. The minimum Gasteiger partial charge on any atom is -0.350 e. The summed E-state index contributed by atoms with van der Waals surface area (Å²) in [5.74, 6) is 0.0566. The van der Waals surface area contributed by atoms with E-state index in [9.17, 15) is 9.59 Å². The molecule has 0 saturated carbocycles. The summed E-state index contributed by atoms with van der Waals surface area (Å²) in [6, 6.07) is 8.52. The Labute approximate surface area is 169 Å². The molecule has 5 heteroatoms. The Morgan fingerprint density at radius 3 is 2.36 bits per heavy atom. The van der Waals surface area contributed by atoms with Crippen LogP contribution in [0.2, 0.25) is 0 Å². The van der Waals surface area contributed by atoms with E-state index < -0.39 is 0 Å². The van der Waals surface area contributed by atoms with E-state index in [1.54, 1.807) is 4.90 Å². The number of likely N-dealkylation sites (tertiary alicyclic amines) is 2. The largest absolute Gasteiger partial charge is 0.350 e. The predicted octanol–water partition coefficient (Wildman–Crippen LogP) is 3.47. The van der Waals surface area contributed by atoms with E-state index in [1.165, 1.54) is 44.3 Å². The zero-order chi connectivity index (χ0) is 19.6. The van der Waals surface area contributed by atoms with Gasteiger partial charge in [0, 0.05) is 26.1 Å². The molecule has 154 valence electrons. The zero-order valence-electron chi connectivity index (χ0n) is 17.1. The van der Waals surface area contributed by atoms with Gasteiger partial charge < -0.3 is 10.2 Å². The molecule has 3 rings (SSSR count). The smallest absolute Gasteiger partial charge is 0.239 e. The van der Waals surface area contributed by atoms with E-state index in [4.69, 9.17) is 0 Å². The summed E-state index contributed by atoms with van der Waals surface area (Å²) in [6.07, 6.45) is 10.1. The van der Waals surface area contributed by atoms with Gasteiger partial charge >= 0.3 is 0 Å². The third-order valence-electron chi connectivity index (χ3n) is 5.84. The number of nitrogens with zero attached hydrogens (tertiary/aromatic N) is 2. The molecule has 1 aromatic carbocycles. The fraction of sp³-hybridized carbons (Fsp3) is 0.652. The standard InChI is InChI=1S/C23H35N3O2/c27-22(19-26-15-8-2-1-5-12-23(26)28)24-17-20-10-9-11-21(16-20)18-25-13-6-3-4-7-14-25/h9-11,16H,1-8,12-15,17-19H2,(H,24,27). The van der Waals surface area contributed by atoms with Crippen molar-refractivity contribution in [3.8, 4) is 0 Å². The van der Waals surface area contributed by atoms with Gasteiger partial charge in [-0.3, -0.25) is 14.5 Å². The topological polar surface area (TPSA) is 52.7 Å². The van der Waals surface area contributed by atoms with Gasteiger partial charge in [0.2, 0.25) is 11.8 Å². The molecule has 1 N–H and O–H groups in total. The molecule has 0 atom stereocenters. The molecule has 0 aromatic heterocycles. The van der Waals surface area contributed by atoms with E-state index in [2.05, 4.69) is 34.5 Å². The Kier molecular flexibility index (Phi) is 8.34. The average Bonchev–Trinajstić information content (AvgIpc) is 2.95. The highest BCUT2D eigenvalue weighted by molar-refractivity contribution is 5.84. The molecule has 28 heavy (non-hydrogen) atoms. The van der Waals surface area contributed by atoms with E-state index >= 15 is 0 Å². The normalized spacial score (nSPS) is 19.6. The van der Waals surface area contributed by atoms with Crippen molar-refractivity contribution in [2.45, 2.75) is 70.9 Å². The number of amides is 2. The van der Waals surface area contributed by atoms with Crippen LogP contribution in [0.5, 0.6) is 0 Å². The predicted molar refractivity (Wildman–Crippen MR) is 112 cm³/mol. The van der Waals surface area contributed by atoms with Gasteiger partial charge in [0.25, 0.3) is 0 Å². The first-order chi connectivity index (χ1) is 13.7. The molecule has 2 fully saturated rings. The molecule has 2 aliphatic rings. The van der Waals surface area contributed by atoms with Gasteiger partial charge in [-0.15, -0.1) is 0 Å². The number of hydrogen-bond acceptors (Lipinski definition) is 3. The van der Waals surface area contributed by atoms with E-state index in [0.717, 1.165) is 37.8 Å². The van der Waals surface area contributed by atoms with Crippen molar-refractivity contribution in [3.05, 3.63) is 35.4 Å². The van der Waals surface area contributed by atoms with Crippen LogP contribution in [0.4, 0.5) is 0 Å². The second-order valence-corrected chi connectivity index (χ2v) is 8.27. The minimum atomic E-state index is -0.0631. The van der Waals surface area contributed by atoms with Gasteiger partial charge in [-0.05, 0) is 49.9 Å². The van der Waals surface area contributed by atoms with E-state index in [-0.39, 0.29) is 18.4 Å². The number of carbonyl (C=O) groups is 2. The van der Waals surface area contributed by atoms with Gasteiger partial charge in [-0.2, -0.15) is 0 Å². The minimum absolute atomic E-state index is 0.0631. The van der Waals surface area contributed by atoms with Crippen LogP contribution in [0.1, 0.15) is 68.9 Å². The summed E-state index contributed by atoms with van der Waals surface area (Å²) in [5.41, 5.74) is 2.44. The highest BCUT2D eigenvalue weighted by Crippen LogP contribution is 2.15. The lowest BCUT2D eigenvalue weighted by Gasteiger charge is -2.24. The molecule has 1 aromatic rings. The molecular weight excluding hydrogens is 350 g/mol. The molecule has 0 aliphatic carbocycles. The first-order valence-corrected chi connectivity index (χ1v) is 11.1. The Bertz CT molecular complexity index is 638. The molecule has 0 bridgehead atoms. The first kappa shape index (κ1) is 20.8. The zero-order valence-corrected chi connectivity index (χ0v) is 17.1. The van der Waals surface area contributed by atoms with Crippen LogP contribution < -0.4 is 5.32 Å². The monoisotopic (exact) mass is 385 g/mol. The van der Waals surface area contributed by atoms with Crippen LogP contribution in [0.3, 0.4) is 0 Å². The van der Waals surface area contributed by atoms with Gasteiger partial charge in [-0.25, -0.2) is 0 Å². The molecule has 2 saturated heterocycles. The van der Waals surface area contributed by atoms with Crippen LogP contribution in [0.15, 0.2) is 24.3 Å². The number of benzene rings is 1. The van der Waals surface area contributed by atoms with Gasteiger partial charge in [-0.1, -0.05) is 49.9 Å². The molecule has 2 amide bonds. The summed E-state index contributed by atoms with van der Waals surface area (Å²) in [6.45, 7) is 4.78. The molecule has 0 unspecified atom stereocenters. The highest BCUT2D eigenvalue weighted by atomic mass is 16.2. The summed E-state index contributed by atoms with van der Waals surface area (Å²) >= 11 is 0. The summed E-state index contributed by atoms with van der Waals surface area (Å²) in [5, 5.41) is 3.00. The lowest BCUT2D eigenvalue weighted by atomic mass is 10.1. The summed E-state index contributed by atoms with van der Waals surface area (Å²) in [7, 11) is 0. The molecule has 2 aliphatic heterocycles. The van der Waals surface area contributed by atoms with Crippen molar-refractivity contribution in [1.82, 2.24) is 15.1 Å². The Hall–Kier alpha value is -1.88. The van der Waals surface area contributed by atoms with Crippen molar-refractivity contribution in [2.75, 3.05) is 26.2 Å². The lowest BCUT2D eigenvalue weighted by molar-refractivity contribution is -0.136. The van der Waals surface area contributed by atoms with E-state index in [0.29, 0.717) is 19.5 Å². The summed E-state index contributed by atoms with van der Waals surface area (Å²) < 4.78 is 0. The van der Waals surface area contributed by atoms with Crippen molar-refractivity contribution in [2.24, 2.45) is 0 Å². The fourth-order valence-corrected chi connectivity index (χ4v) is 4.20. The van der Waals surface area contributed by atoms with Crippen LogP contribution in [-0.4, -0.2) is 47.8 Å². The second kappa shape index (κ2) is 11.2. The summed E-state index contributed by atoms with van der Waals surface area (Å²) in [4.78, 5) is 28.8. The lowest BCUT2D eigenvalue weighted by Crippen LogP contribution is -2.41. The van der Waals surface area contributed by atoms with Gasteiger partial charge in [0.05, 0.1) is 6.54 Å². The number of carbonyl (C=O) groups excluding carboxylic acids is 2. The molecule has 2 heterocycles. The van der Waals surface area contributed by atoms with Crippen molar-refractivity contribution in [3.63, 3.8) is 0 Å². The van der Waals surface area contributed by atoms with Crippen molar-refractivity contribution in [1.29, 1.82) is 0 Å². The number of hydrogen-bond donors (Lipinski definition) is 1. The van der Waals surface area contributed by atoms with Crippen LogP contribution in [-0.2, 0) is 22.7 Å². The van der Waals surface area contributed by atoms with Crippen LogP contribution >= 0.6 is 0 Å². The number of nitrogens with one attached hydrogen (secondary N) is 1. The molecule has 5 nitrogen and oxygen atoms in total. The number of rotatable bonds is 6. The third kappa shape index (κ3) is 6.93.